The molecule has 8 nitrogen and oxygen atoms in total. The highest BCUT2D eigenvalue weighted by atomic mass is 16.2. The minimum absolute atomic E-state index is 0.0999. The van der Waals surface area contributed by atoms with Crippen LogP contribution in [0.2, 0.25) is 0 Å². The number of rotatable bonds is 18. The summed E-state index contributed by atoms with van der Waals surface area (Å²) in [6.07, 6.45) is 11.1. The lowest BCUT2D eigenvalue weighted by molar-refractivity contribution is -0.125. The van der Waals surface area contributed by atoms with E-state index in [0.29, 0.717) is 19.5 Å². The van der Waals surface area contributed by atoms with Crippen molar-refractivity contribution in [2.75, 3.05) is 45.8 Å². The van der Waals surface area contributed by atoms with E-state index in [1.54, 1.807) is 0 Å². The molecular formula is C22H46N6O2. The third-order valence-electron chi connectivity index (χ3n) is 5.65. The lowest BCUT2D eigenvalue weighted by Crippen LogP contribution is -2.42. The summed E-state index contributed by atoms with van der Waals surface area (Å²) in [5.41, 5.74) is 11.4. The first kappa shape index (κ1) is 26.8. The molecule has 2 amide bonds. The van der Waals surface area contributed by atoms with E-state index in [1.807, 2.05) is 0 Å². The van der Waals surface area contributed by atoms with Crippen LogP contribution in [0.25, 0.3) is 0 Å². The highest BCUT2D eigenvalue weighted by Crippen LogP contribution is 2.23. The SMILES string of the molecule is NCCCNCCCCNCCCNC(=O)[C@H](N)CCCNC(=O)C1CCCCC1. The van der Waals surface area contributed by atoms with Gasteiger partial charge >= 0.3 is 0 Å². The van der Waals surface area contributed by atoms with Crippen molar-refractivity contribution in [2.24, 2.45) is 17.4 Å². The highest BCUT2D eigenvalue weighted by molar-refractivity contribution is 5.81. The summed E-state index contributed by atoms with van der Waals surface area (Å²) < 4.78 is 0. The standard InChI is InChI=1S/C22H46N6O2/c23-12-7-15-25-13-4-5-14-26-16-8-18-28-22(30)20(24)11-6-17-27-21(29)19-9-2-1-3-10-19/h19-20,25-26H,1-18,23-24H2,(H,27,29)(H,28,30)/t20-/m1/s1. The Kier molecular flexibility index (Phi) is 16.6. The van der Waals surface area contributed by atoms with Crippen LogP contribution in [0, 0.1) is 5.92 Å². The molecule has 0 unspecified atom stereocenters. The zero-order valence-electron chi connectivity index (χ0n) is 18.9. The maximum Gasteiger partial charge on any atom is 0.236 e. The summed E-state index contributed by atoms with van der Waals surface area (Å²) in [5.74, 6) is 0.252. The van der Waals surface area contributed by atoms with Crippen molar-refractivity contribution >= 4 is 11.8 Å². The quantitative estimate of drug-likeness (QED) is 0.178. The number of hydrogen-bond acceptors (Lipinski definition) is 6. The normalized spacial score (nSPS) is 15.7. The van der Waals surface area contributed by atoms with Crippen molar-refractivity contribution in [3.8, 4) is 0 Å². The van der Waals surface area contributed by atoms with Crippen LogP contribution in [-0.4, -0.2) is 63.7 Å². The largest absolute Gasteiger partial charge is 0.356 e. The number of hydrogen-bond donors (Lipinski definition) is 6. The van der Waals surface area contributed by atoms with Crippen molar-refractivity contribution in [1.29, 1.82) is 0 Å². The molecule has 1 aliphatic carbocycles. The zero-order valence-corrected chi connectivity index (χ0v) is 18.9. The van der Waals surface area contributed by atoms with Gasteiger partial charge < -0.3 is 32.7 Å². The summed E-state index contributed by atoms with van der Waals surface area (Å²) in [5, 5.41) is 12.7. The summed E-state index contributed by atoms with van der Waals surface area (Å²) >= 11 is 0. The van der Waals surface area contributed by atoms with E-state index >= 15 is 0 Å². The molecule has 0 heterocycles. The van der Waals surface area contributed by atoms with E-state index < -0.39 is 6.04 Å². The second-order valence-corrected chi connectivity index (χ2v) is 8.37. The van der Waals surface area contributed by atoms with Crippen LogP contribution < -0.4 is 32.7 Å². The molecule has 1 saturated carbocycles. The minimum atomic E-state index is -0.503. The van der Waals surface area contributed by atoms with Gasteiger partial charge in [-0.3, -0.25) is 9.59 Å². The number of nitrogens with two attached hydrogens (primary N) is 2. The minimum Gasteiger partial charge on any atom is -0.356 e. The average molecular weight is 427 g/mol. The highest BCUT2D eigenvalue weighted by Gasteiger charge is 2.20. The molecule has 1 fully saturated rings. The summed E-state index contributed by atoms with van der Waals surface area (Å²) in [6.45, 7) is 5.92. The summed E-state index contributed by atoms with van der Waals surface area (Å²) in [4.78, 5) is 24.1. The number of nitrogens with one attached hydrogen (secondary N) is 4. The molecular weight excluding hydrogens is 380 g/mol. The molecule has 0 saturated heterocycles. The summed E-state index contributed by atoms with van der Waals surface area (Å²) in [6, 6.07) is -0.503. The fourth-order valence-corrected chi connectivity index (χ4v) is 3.71. The maximum absolute atomic E-state index is 12.1. The Bertz CT molecular complexity index is 443. The fraction of sp³-hybridized carbons (Fsp3) is 0.909. The van der Waals surface area contributed by atoms with Crippen LogP contribution in [-0.2, 0) is 9.59 Å². The van der Waals surface area contributed by atoms with Gasteiger partial charge in [0.1, 0.15) is 0 Å². The third kappa shape index (κ3) is 13.9. The first-order chi connectivity index (χ1) is 14.6. The topological polar surface area (TPSA) is 134 Å². The number of amides is 2. The van der Waals surface area contributed by atoms with Gasteiger partial charge in [-0.05, 0) is 84.1 Å². The molecule has 1 aliphatic rings. The second-order valence-electron chi connectivity index (χ2n) is 8.37. The number of carbonyl (C=O) groups is 2. The smallest absolute Gasteiger partial charge is 0.236 e. The van der Waals surface area contributed by atoms with Gasteiger partial charge in [0.15, 0.2) is 0 Å². The van der Waals surface area contributed by atoms with Crippen LogP contribution in [0.3, 0.4) is 0 Å². The van der Waals surface area contributed by atoms with Crippen molar-refractivity contribution in [3.05, 3.63) is 0 Å². The van der Waals surface area contributed by atoms with Gasteiger partial charge in [0.25, 0.3) is 0 Å². The van der Waals surface area contributed by atoms with E-state index in [4.69, 9.17) is 11.5 Å². The van der Waals surface area contributed by atoms with Crippen LogP contribution >= 0.6 is 0 Å². The number of carbonyl (C=O) groups excluding carboxylic acids is 2. The predicted molar refractivity (Wildman–Crippen MR) is 123 cm³/mol. The third-order valence-corrected chi connectivity index (χ3v) is 5.65. The van der Waals surface area contributed by atoms with Crippen LogP contribution in [0.4, 0.5) is 0 Å². The monoisotopic (exact) mass is 426 g/mol. The van der Waals surface area contributed by atoms with E-state index in [-0.39, 0.29) is 17.7 Å². The molecule has 176 valence electrons. The Morgan fingerprint density at radius 1 is 0.767 bits per heavy atom. The van der Waals surface area contributed by atoms with Crippen molar-refractivity contribution in [3.63, 3.8) is 0 Å². The van der Waals surface area contributed by atoms with Crippen LogP contribution in [0.5, 0.6) is 0 Å². The Hall–Kier alpha value is -1.22. The van der Waals surface area contributed by atoms with Gasteiger partial charge in [-0.2, -0.15) is 0 Å². The van der Waals surface area contributed by atoms with Gasteiger partial charge in [0.2, 0.25) is 11.8 Å². The molecule has 30 heavy (non-hydrogen) atoms. The van der Waals surface area contributed by atoms with Gasteiger partial charge in [-0.15, -0.1) is 0 Å². The molecule has 0 aromatic rings. The number of unbranched alkanes of at least 4 members (excludes halogenated alkanes) is 1. The fourth-order valence-electron chi connectivity index (χ4n) is 3.71. The zero-order chi connectivity index (χ0) is 21.9. The van der Waals surface area contributed by atoms with Crippen molar-refractivity contribution < 1.29 is 9.59 Å². The molecule has 1 rings (SSSR count). The molecule has 0 aromatic carbocycles. The van der Waals surface area contributed by atoms with Crippen LogP contribution in [0.15, 0.2) is 0 Å². The Balaban J connectivity index is 1.88. The van der Waals surface area contributed by atoms with Crippen molar-refractivity contribution in [2.45, 2.75) is 76.7 Å². The molecule has 0 radical (unpaired) electrons. The second kappa shape index (κ2) is 18.5. The molecule has 0 aliphatic heterocycles. The predicted octanol–water partition coefficient (Wildman–Crippen LogP) is 0.605. The first-order valence-electron chi connectivity index (χ1n) is 12.1. The Morgan fingerprint density at radius 2 is 1.37 bits per heavy atom. The van der Waals surface area contributed by atoms with E-state index in [1.165, 1.54) is 6.42 Å². The van der Waals surface area contributed by atoms with Crippen LogP contribution in [0.1, 0.15) is 70.6 Å². The first-order valence-corrected chi connectivity index (χ1v) is 12.1. The van der Waals surface area contributed by atoms with E-state index in [0.717, 1.165) is 90.5 Å². The molecule has 0 bridgehead atoms. The Labute approximate surface area is 183 Å². The molecule has 8 heteroatoms. The molecule has 0 spiro atoms. The Morgan fingerprint density at radius 3 is 2.03 bits per heavy atom. The molecule has 1 atom stereocenters. The van der Waals surface area contributed by atoms with Gasteiger partial charge in [0.05, 0.1) is 6.04 Å². The van der Waals surface area contributed by atoms with Gasteiger partial charge in [-0.25, -0.2) is 0 Å². The lowest BCUT2D eigenvalue weighted by atomic mass is 9.88. The van der Waals surface area contributed by atoms with Crippen molar-refractivity contribution in [1.82, 2.24) is 21.3 Å². The maximum atomic E-state index is 12.1. The summed E-state index contributed by atoms with van der Waals surface area (Å²) in [7, 11) is 0. The van der Waals surface area contributed by atoms with Gasteiger partial charge in [-0.1, -0.05) is 19.3 Å². The lowest BCUT2D eigenvalue weighted by Gasteiger charge is -2.20. The average Bonchev–Trinajstić information content (AvgIpc) is 2.77. The van der Waals surface area contributed by atoms with E-state index in [2.05, 4.69) is 21.3 Å². The van der Waals surface area contributed by atoms with Gasteiger partial charge in [0, 0.05) is 19.0 Å². The van der Waals surface area contributed by atoms with E-state index in [9.17, 15) is 9.59 Å². The molecule has 8 N–H and O–H groups in total. The molecule has 0 aromatic heterocycles.